The number of amides is 2. The van der Waals surface area contributed by atoms with Crippen LogP contribution in [-0.4, -0.2) is 35.1 Å². The predicted molar refractivity (Wildman–Crippen MR) is 92.8 cm³/mol. The number of hydrogen-bond acceptors (Lipinski definition) is 2. The maximum absolute atomic E-state index is 12.4. The van der Waals surface area contributed by atoms with Gasteiger partial charge in [-0.25, -0.2) is 4.79 Å². The summed E-state index contributed by atoms with van der Waals surface area (Å²) in [5.74, 6) is -1.11. The summed E-state index contributed by atoms with van der Waals surface area (Å²) in [4.78, 5) is 25.0. The summed E-state index contributed by atoms with van der Waals surface area (Å²) in [5, 5.41) is 11.9. The Bertz CT molecular complexity index is 722. The van der Waals surface area contributed by atoms with E-state index in [0.717, 1.165) is 16.8 Å². The average Bonchev–Trinajstić information content (AvgIpc) is 2.63. The number of nitrogens with zero attached hydrogens (tertiary/aromatic N) is 1. The average molecular weight is 324 g/mol. The van der Waals surface area contributed by atoms with Crippen molar-refractivity contribution < 1.29 is 14.7 Å². The molecule has 1 fully saturated rings. The number of rotatable bonds is 3. The van der Waals surface area contributed by atoms with E-state index in [9.17, 15) is 9.59 Å². The summed E-state index contributed by atoms with van der Waals surface area (Å²) < 4.78 is 0. The molecule has 0 spiro atoms. The van der Waals surface area contributed by atoms with Crippen molar-refractivity contribution in [3.63, 3.8) is 0 Å². The molecule has 124 valence electrons. The fraction of sp³-hybridized carbons (Fsp3) is 0.263. The third-order valence-electron chi connectivity index (χ3n) is 4.35. The number of carbonyl (C=O) groups is 2. The summed E-state index contributed by atoms with van der Waals surface area (Å²) >= 11 is 0. The number of aliphatic carboxylic acids is 1. The first kappa shape index (κ1) is 16.1. The van der Waals surface area contributed by atoms with E-state index in [4.69, 9.17) is 5.11 Å². The standard InChI is InChI=1S/C19H20N2O3/c22-18(23)15-9-11-21(12-10-15)19(24)20-17-8-4-7-16(13-17)14-5-2-1-3-6-14/h1-8,13,15H,9-12H2,(H,20,24)(H,22,23). The minimum Gasteiger partial charge on any atom is -0.481 e. The Balaban J connectivity index is 1.64. The van der Waals surface area contributed by atoms with Gasteiger partial charge in [-0.2, -0.15) is 0 Å². The molecular formula is C19H20N2O3. The second-order valence-electron chi connectivity index (χ2n) is 5.98. The maximum Gasteiger partial charge on any atom is 0.321 e. The van der Waals surface area contributed by atoms with Crippen molar-refractivity contribution in [1.29, 1.82) is 0 Å². The Morgan fingerprint density at radius 1 is 0.958 bits per heavy atom. The van der Waals surface area contributed by atoms with Crippen molar-refractivity contribution in [2.75, 3.05) is 18.4 Å². The lowest BCUT2D eigenvalue weighted by atomic mass is 9.97. The van der Waals surface area contributed by atoms with Crippen LogP contribution in [0.25, 0.3) is 11.1 Å². The van der Waals surface area contributed by atoms with Gasteiger partial charge in [-0.1, -0.05) is 42.5 Å². The van der Waals surface area contributed by atoms with Crippen LogP contribution in [0.5, 0.6) is 0 Å². The van der Waals surface area contributed by atoms with E-state index in [1.165, 1.54) is 0 Å². The van der Waals surface area contributed by atoms with Crippen LogP contribution in [0.1, 0.15) is 12.8 Å². The highest BCUT2D eigenvalue weighted by molar-refractivity contribution is 5.90. The van der Waals surface area contributed by atoms with Gasteiger partial charge in [-0.15, -0.1) is 0 Å². The topological polar surface area (TPSA) is 69.6 Å². The molecule has 1 aliphatic rings. The summed E-state index contributed by atoms with van der Waals surface area (Å²) in [7, 11) is 0. The van der Waals surface area contributed by atoms with Gasteiger partial charge >= 0.3 is 12.0 Å². The van der Waals surface area contributed by atoms with Gasteiger partial charge in [0.1, 0.15) is 0 Å². The minimum absolute atomic E-state index is 0.177. The molecule has 0 saturated carbocycles. The SMILES string of the molecule is O=C(O)C1CCN(C(=O)Nc2cccc(-c3ccccc3)c2)CC1. The van der Waals surface area contributed by atoms with E-state index < -0.39 is 5.97 Å². The Kier molecular flexibility index (Phi) is 4.79. The molecule has 2 N–H and O–H groups in total. The highest BCUT2D eigenvalue weighted by Crippen LogP contribution is 2.23. The van der Waals surface area contributed by atoms with Crippen molar-refractivity contribution in [3.05, 3.63) is 54.6 Å². The molecule has 0 radical (unpaired) electrons. The predicted octanol–water partition coefficient (Wildman–Crippen LogP) is 3.68. The largest absolute Gasteiger partial charge is 0.481 e. The van der Waals surface area contributed by atoms with Crippen LogP contribution in [0.4, 0.5) is 10.5 Å². The third-order valence-corrected chi connectivity index (χ3v) is 4.35. The first-order valence-electron chi connectivity index (χ1n) is 8.08. The van der Waals surface area contributed by atoms with Crippen LogP contribution >= 0.6 is 0 Å². The summed E-state index contributed by atoms with van der Waals surface area (Å²) in [6.45, 7) is 0.947. The zero-order valence-electron chi connectivity index (χ0n) is 13.3. The molecule has 0 unspecified atom stereocenters. The molecule has 2 aromatic rings. The quantitative estimate of drug-likeness (QED) is 0.905. The normalized spacial score (nSPS) is 15.1. The molecule has 0 atom stereocenters. The number of benzene rings is 2. The Hall–Kier alpha value is -2.82. The van der Waals surface area contributed by atoms with E-state index >= 15 is 0 Å². The number of anilines is 1. The van der Waals surface area contributed by atoms with Gasteiger partial charge in [0, 0.05) is 18.8 Å². The Morgan fingerprint density at radius 3 is 2.29 bits per heavy atom. The van der Waals surface area contributed by atoms with Gasteiger partial charge in [-0.05, 0) is 36.1 Å². The molecule has 5 nitrogen and oxygen atoms in total. The van der Waals surface area contributed by atoms with E-state index in [0.29, 0.717) is 25.9 Å². The van der Waals surface area contributed by atoms with Gasteiger partial charge in [0.2, 0.25) is 0 Å². The van der Waals surface area contributed by atoms with Gasteiger partial charge in [0.05, 0.1) is 5.92 Å². The molecule has 2 aromatic carbocycles. The van der Waals surface area contributed by atoms with Crippen LogP contribution in [0.2, 0.25) is 0 Å². The number of piperidine rings is 1. The molecule has 0 bridgehead atoms. The van der Waals surface area contributed by atoms with E-state index in [2.05, 4.69) is 5.32 Å². The zero-order chi connectivity index (χ0) is 16.9. The molecule has 5 heteroatoms. The molecule has 1 saturated heterocycles. The number of carboxylic acids is 1. The van der Waals surface area contributed by atoms with Crippen LogP contribution in [0.15, 0.2) is 54.6 Å². The number of carbonyl (C=O) groups excluding carboxylic acids is 1. The number of urea groups is 1. The van der Waals surface area contributed by atoms with Gasteiger partial charge < -0.3 is 15.3 Å². The minimum atomic E-state index is -0.773. The molecule has 0 aliphatic carbocycles. The second-order valence-corrected chi connectivity index (χ2v) is 5.98. The van der Waals surface area contributed by atoms with E-state index in [1.54, 1.807) is 4.90 Å². The summed E-state index contributed by atoms with van der Waals surface area (Å²) in [6, 6.07) is 17.5. The number of hydrogen-bond donors (Lipinski definition) is 2. The number of carboxylic acid groups (broad SMARTS) is 1. The van der Waals surface area contributed by atoms with Crippen LogP contribution in [0.3, 0.4) is 0 Å². The van der Waals surface area contributed by atoms with E-state index in [1.807, 2.05) is 54.6 Å². The fourth-order valence-corrected chi connectivity index (χ4v) is 2.94. The van der Waals surface area contributed by atoms with Crippen LogP contribution < -0.4 is 5.32 Å². The first-order valence-corrected chi connectivity index (χ1v) is 8.08. The Labute approximate surface area is 140 Å². The van der Waals surface area contributed by atoms with Crippen LogP contribution in [0, 0.1) is 5.92 Å². The van der Waals surface area contributed by atoms with Crippen molar-refractivity contribution in [2.45, 2.75) is 12.8 Å². The van der Waals surface area contributed by atoms with Gasteiger partial charge in [-0.3, -0.25) is 4.79 Å². The molecule has 2 amide bonds. The highest BCUT2D eigenvalue weighted by Gasteiger charge is 2.26. The maximum atomic E-state index is 12.4. The van der Waals surface area contributed by atoms with Crippen molar-refractivity contribution in [3.8, 4) is 11.1 Å². The zero-order valence-corrected chi connectivity index (χ0v) is 13.3. The number of likely N-dealkylation sites (tertiary alicyclic amines) is 1. The van der Waals surface area contributed by atoms with Crippen molar-refractivity contribution in [2.24, 2.45) is 5.92 Å². The molecule has 24 heavy (non-hydrogen) atoms. The molecular weight excluding hydrogens is 304 g/mol. The third kappa shape index (κ3) is 3.74. The second kappa shape index (κ2) is 7.17. The lowest BCUT2D eigenvalue weighted by molar-refractivity contribution is -0.143. The lowest BCUT2D eigenvalue weighted by Gasteiger charge is -2.30. The summed E-state index contributed by atoms with van der Waals surface area (Å²) in [6.07, 6.45) is 1.01. The smallest absolute Gasteiger partial charge is 0.321 e. The molecule has 1 heterocycles. The number of nitrogens with one attached hydrogen (secondary N) is 1. The first-order chi connectivity index (χ1) is 11.6. The van der Waals surface area contributed by atoms with Crippen molar-refractivity contribution >= 4 is 17.7 Å². The monoisotopic (exact) mass is 324 g/mol. The highest BCUT2D eigenvalue weighted by atomic mass is 16.4. The van der Waals surface area contributed by atoms with Gasteiger partial charge in [0.25, 0.3) is 0 Å². The van der Waals surface area contributed by atoms with Gasteiger partial charge in [0.15, 0.2) is 0 Å². The van der Waals surface area contributed by atoms with Crippen molar-refractivity contribution in [1.82, 2.24) is 4.90 Å². The summed E-state index contributed by atoms with van der Waals surface area (Å²) in [5.41, 5.74) is 2.87. The van der Waals surface area contributed by atoms with Crippen LogP contribution in [-0.2, 0) is 4.79 Å². The Morgan fingerprint density at radius 2 is 1.62 bits per heavy atom. The lowest BCUT2D eigenvalue weighted by Crippen LogP contribution is -2.42. The van der Waals surface area contributed by atoms with E-state index in [-0.39, 0.29) is 11.9 Å². The molecule has 0 aromatic heterocycles. The molecule has 3 rings (SSSR count). The molecule has 1 aliphatic heterocycles. The fourth-order valence-electron chi connectivity index (χ4n) is 2.94.